The van der Waals surface area contributed by atoms with Gasteiger partial charge < -0.3 is 0 Å². The number of nitrogens with zero attached hydrogens (tertiary/aromatic N) is 1. The van der Waals surface area contributed by atoms with E-state index in [1.54, 1.807) is 24.3 Å². The topological polar surface area (TPSA) is 49.4 Å². The summed E-state index contributed by atoms with van der Waals surface area (Å²) in [6.45, 7) is 0. The van der Waals surface area contributed by atoms with Gasteiger partial charge >= 0.3 is 0 Å². The highest BCUT2D eigenvalue weighted by molar-refractivity contribution is 7.80. The minimum Gasteiger partial charge on any atom is -0.298 e. The molecule has 25 heavy (non-hydrogen) atoms. The van der Waals surface area contributed by atoms with E-state index in [0.717, 1.165) is 11.0 Å². The molecule has 1 aliphatic heterocycles. The van der Waals surface area contributed by atoms with Crippen LogP contribution in [-0.4, -0.2) is 16.9 Å². The lowest BCUT2D eigenvalue weighted by Gasteiger charge is -2.29. The van der Waals surface area contributed by atoms with Crippen molar-refractivity contribution in [1.82, 2.24) is 5.32 Å². The number of nitrogens with one attached hydrogen (secondary N) is 1. The van der Waals surface area contributed by atoms with Gasteiger partial charge in [0.15, 0.2) is 5.11 Å². The van der Waals surface area contributed by atoms with E-state index >= 15 is 0 Å². The molecule has 1 N–H and O–H groups in total. The maximum absolute atomic E-state index is 14.0. The Balaban J connectivity index is 2.07. The van der Waals surface area contributed by atoms with Crippen molar-refractivity contribution in [2.45, 2.75) is 0 Å². The fourth-order valence-electron chi connectivity index (χ4n) is 2.28. The molecule has 8 heteroatoms. The van der Waals surface area contributed by atoms with Gasteiger partial charge in [0.2, 0.25) is 0 Å². The summed E-state index contributed by atoms with van der Waals surface area (Å²) in [5.74, 6) is -2.05. The number of hydrogen-bond acceptors (Lipinski definition) is 3. The predicted molar refractivity (Wildman–Crippen MR) is 99.1 cm³/mol. The molecule has 3 rings (SSSR count). The van der Waals surface area contributed by atoms with Crippen LogP contribution in [0.4, 0.5) is 10.1 Å². The van der Waals surface area contributed by atoms with E-state index in [0.29, 0.717) is 10.7 Å². The molecule has 126 valence electrons. The van der Waals surface area contributed by atoms with Crippen LogP contribution in [0.15, 0.2) is 48.0 Å². The second kappa shape index (κ2) is 6.92. The fraction of sp³-hybridized carbons (Fsp3) is 0. The van der Waals surface area contributed by atoms with E-state index in [2.05, 4.69) is 5.32 Å². The van der Waals surface area contributed by atoms with Crippen molar-refractivity contribution in [3.63, 3.8) is 0 Å². The summed E-state index contributed by atoms with van der Waals surface area (Å²) in [6, 6.07) is 10.4. The summed E-state index contributed by atoms with van der Waals surface area (Å²) < 4.78 is 14.0. The summed E-state index contributed by atoms with van der Waals surface area (Å²) in [6.07, 6.45) is 1.11. The van der Waals surface area contributed by atoms with Crippen LogP contribution < -0.4 is 10.2 Å². The summed E-state index contributed by atoms with van der Waals surface area (Å²) in [5, 5.41) is 2.90. The average Bonchev–Trinajstić information content (AvgIpc) is 2.55. The number of amides is 2. The zero-order valence-corrected chi connectivity index (χ0v) is 14.8. The van der Waals surface area contributed by atoms with Crippen LogP contribution in [0, 0.1) is 5.82 Å². The van der Waals surface area contributed by atoms with E-state index in [1.807, 2.05) is 0 Å². The van der Waals surface area contributed by atoms with Gasteiger partial charge in [-0.05, 0) is 54.7 Å². The smallest absolute Gasteiger partial charge is 0.270 e. The lowest BCUT2D eigenvalue weighted by atomic mass is 10.1. The first-order valence-electron chi connectivity index (χ1n) is 6.99. The minimum absolute atomic E-state index is 0.0495. The van der Waals surface area contributed by atoms with E-state index in [4.69, 9.17) is 35.4 Å². The first-order chi connectivity index (χ1) is 11.9. The summed E-state index contributed by atoms with van der Waals surface area (Å²) in [7, 11) is 0. The van der Waals surface area contributed by atoms with Crippen molar-refractivity contribution in [1.29, 1.82) is 0 Å². The molecule has 0 unspecified atom stereocenters. The van der Waals surface area contributed by atoms with Crippen molar-refractivity contribution in [2.24, 2.45) is 0 Å². The molecular weight excluding hydrogens is 386 g/mol. The third kappa shape index (κ3) is 3.42. The monoisotopic (exact) mass is 394 g/mol. The highest BCUT2D eigenvalue weighted by Gasteiger charge is 2.34. The SMILES string of the molecule is O=C1NC(=S)N(c2ccc(Cl)cc2)C(=O)C1=Cc1c(F)cccc1Cl. The first-order valence-corrected chi connectivity index (χ1v) is 8.16. The Labute approximate surface area is 157 Å². The van der Waals surface area contributed by atoms with Gasteiger partial charge in [0.25, 0.3) is 11.8 Å². The molecule has 0 saturated carbocycles. The van der Waals surface area contributed by atoms with Crippen LogP contribution in [0.1, 0.15) is 5.56 Å². The molecule has 1 saturated heterocycles. The Morgan fingerprint density at radius 2 is 1.76 bits per heavy atom. The minimum atomic E-state index is -0.723. The Morgan fingerprint density at radius 3 is 2.40 bits per heavy atom. The van der Waals surface area contributed by atoms with Crippen LogP contribution in [0.5, 0.6) is 0 Å². The molecule has 0 bridgehead atoms. The molecule has 0 spiro atoms. The highest BCUT2D eigenvalue weighted by Crippen LogP contribution is 2.26. The number of hydrogen-bond donors (Lipinski definition) is 1. The maximum Gasteiger partial charge on any atom is 0.270 e. The summed E-state index contributed by atoms with van der Waals surface area (Å²) >= 11 is 16.9. The molecule has 1 aliphatic rings. The standard InChI is InChI=1S/C17H9Cl2FN2O2S/c18-9-4-6-10(7-5-9)22-16(24)12(15(23)21-17(22)25)8-11-13(19)2-1-3-14(11)20/h1-8H,(H,21,23,25). The third-order valence-corrected chi connectivity index (χ3v) is 4.34. The quantitative estimate of drug-likeness (QED) is 0.476. The van der Waals surface area contributed by atoms with Crippen molar-refractivity contribution in [2.75, 3.05) is 4.90 Å². The Hall–Kier alpha value is -2.28. The second-order valence-electron chi connectivity index (χ2n) is 5.07. The van der Waals surface area contributed by atoms with Gasteiger partial charge in [-0.2, -0.15) is 0 Å². The predicted octanol–water partition coefficient (Wildman–Crippen LogP) is 3.96. The number of anilines is 1. The number of carbonyl (C=O) groups is 2. The van der Waals surface area contributed by atoms with Crippen LogP contribution in [0.3, 0.4) is 0 Å². The number of halogens is 3. The average molecular weight is 395 g/mol. The van der Waals surface area contributed by atoms with Gasteiger partial charge in [0.05, 0.1) is 10.7 Å². The number of rotatable bonds is 2. The molecule has 0 aromatic heterocycles. The molecule has 4 nitrogen and oxygen atoms in total. The van der Waals surface area contributed by atoms with Crippen molar-refractivity contribution in [3.8, 4) is 0 Å². The van der Waals surface area contributed by atoms with Crippen molar-refractivity contribution < 1.29 is 14.0 Å². The van der Waals surface area contributed by atoms with E-state index in [9.17, 15) is 14.0 Å². The molecule has 0 radical (unpaired) electrons. The first kappa shape index (κ1) is 17.5. The molecule has 2 amide bonds. The van der Waals surface area contributed by atoms with Gasteiger partial charge in [0.1, 0.15) is 11.4 Å². The summed E-state index contributed by atoms with van der Waals surface area (Å²) in [5.41, 5.74) is 0.0898. The largest absolute Gasteiger partial charge is 0.298 e. The lowest BCUT2D eigenvalue weighted by Crippen LogP contribution is -2.54. The molecule has 1 heterocycles. The lowest BCUT2D eigenvalue weighted by molar-refractivity contribution is -0.122. The third-order valence-electron chi connectivity index (χ3n) is 3.47. The number of carbonyl (C=O) groups excluding carboxylic acids is 2. The van der Waals surface area contributed by atoms with Crippen LogP contribution in [0.2, 0.25) is 10.0 Å². The van der Waals surface area contributed by atoms with E-state index in [-0.39, 0.29) is 21.3 Å². The van der Waals surface area contributed by atoms with E-state index < -0.39 is 17.6 Å². The molecule has 2 aromatic rings. The Bertz CT molecular complexity index is 908. The van der Waals surface area contributed by atoms with Crippen LogP contribution in [-0.2, 0) is 9.59 Å². The molecule has 1 fully saturated rings. The zero-order chi connectivity index (χ0) is 18.1. The normalized spacial score (nSPS) is 16.4. The van der Waals surface area contributed by atoms with Gasteiger partial charge in [0, 0.05) is 10.6 Å². The van der Waals surface area contributed by atoms with Gasteiger partial charge in [-0.1, -0.05) is 29.3 Å². The number of benzene rings is 2. The van der Waals surface area contributed by atoms with E-state index in [1.165, 1.54) is 18.2 Å². The second-order valence-corrected chi connectivity index (χ2v) is 6.30. The maximum atomic E-state index is 14.0. The van der Waals surface area contributed by atoms with Gasteiger partial charge in [-0.3, -0.25) is 19.8 Å². The van der Waals surface area contributed by atoms with Crippen LogP contribution in [0.25, 0.3) is 6.08 Å². The molecular formula is C17H9Cl2FN2O2S. The highest BCUT2D eigenvalue weighted by atomic mass is 35.5. The zero-order valence-electron chi connectivity index (χ0n) is 12.4. The fourth-order valence-corrected chi connectivity index (χ4v) is 2.90. The molecule has 2 aromatic carbocycles. The molecule has 0 aliphatic carbocycles. The van der Waals surface area contributed by atoms with Gasteiger partial charge in [-0.15, -0.1) is 0 Å². The Kier molecular flexibility index (Phi) is 4.85. The van der Waals surface area contributed by atoms with Gasteiger partial charge in [-0.25, -0.2) is 4.39 Å². The number of thiocarbonyl (C=S) groups is 1. The molecule has 0 atom stereocenters. The van der Waals surface area contributed by atoms with Crippen molar-refractivity contribution >= 4 is 64.1 Å². The van der Waals surface area contributed by atoms with Crippen molar-refractivity contribution in [3.05, 3.63) is 69.5 Å². The summed E-state index contributed by atoms with van der Waals surface area (Å²) in [4.78, 5) is 26.1. The Morgan fingerprint density at radius 1 is 1.08 bits per heavy atom. The van der Waals surface area contributed by atoms with Crippen LogP contribution >= 0.6 is 35.4 Å².